The van der Waals surface area contributed by atoms with Gasteiger partial charge in [-0.1, -0.05) is 39.8 Å². The van der Waals surface area contributed by atoms with Crippen LogP contribution in [-0.4, -0.2) is 27.3 Å². The van der Waals surface area contributed by atoms with E-state index in [0.29, 0.717) is 47.9 Å². The van der Waals surface area contributed by atoms with Crippen molar-refractivity contribution < 1.29 is 9.18 Å². The van der Waals surface area contributed by atoms with Crippen LogP contribution in [0.3, 0.4) is 0 Å². The molecule has 1 aliphatic rings. The van der Waals surface area contributed by atoms with Crippen LogP contribution in [0.1, 0.15) is 51.8 Å². The second-order valence-corrected chi connectivity index (χ2v) is 8.99. The Balaban J connectivity index is 1.75. The predicted octanol–water partition coefficient (Wildman–Crippen LogP) is 3.92. The van der Waals surface area contributed by atoms with Crippen molar-refractivity contribution in [2.24, 2.45) is 11.3 Å². The first kappa shape index (κ1) is 20.2. The van der Waals surface area contributed by atoms with Gasteiger partial charge in [-0.05, 0) is 29.9 Å². The molecule has 6 heteroatoms. The summed E-state index contributed by atoms with van der Waals surface area (Å²) in [6.45, 7) is 9.45. The second-order valence-electron chi connectivity index (χ2n) is 8.99. The summed E-state index contributed by atoms with van der Waals surface area (Å²) in [5.41, 5.74) is 1.68. The standard InChI is InChI=1S/C22H28FN3O2/c1-14(12-22(2,3)4)10-19(27)26-9-8-18-17(13-26)21(28)25-20(24-18)15-6-5-7-16(23)11-15/h5-7,11,14H,8-10,12-13H2,1-4H3,(H,24,25,28)/t14-/m1/s1. The molecule has 1 aromatic carbocycles. The number of rotatable bonds is 4. The van der Waals surface area contributed by atoms with Crippen molar-refractivity contribution in [2.45, 2.75) is 53.5 Å². The minimum absolute atomic E-state index is 0.0796. The molecule has 0 saturated carbocycles. The lowest BCUT2D eigenvalue weighted by Gasteiger charge is -2.30. The molecule has 0 spiro atoms. The van der Waals surface area contributed by atoms with E-state index in [-0.39, 0.29) is 29.2 Å². The van der Waals surface area contributed by atoms with Crippen molar-refractivity contribution in [1.29, 1.82) is 0 Å². The summed E-state index contributed by atoms with van der Waals surface area (Å²) in [6.07, 6.45) is 1.99. The smallest absolute Gasteiger partial charge is 0.256 e. The largest absolute Gasteiger partial charge is 0.338 e. The Morgan fingerprint density at radius 3 is 2.79 bits per heavy atom. The van der Waals surface area contributed by atoms with Gasteiger partial charge in [-0.15, -0.1) is 0 Å². The van der Waals surface area contributed by atoms with Crippen LogP contribution in [0.5, 0.6) is 0 Å². The zero-order valence-electron chi connectivity index (χ0n) is 17.0. The summed E-state index contributed by atoms with van der Waals surface area (Å²) < 4.78 is 13.5. The van der Waals surface area contributed by atoms with Gasteiger partial charge in [-0.2, -0.15) is 0 Å². The van der Waals surface area contributed by atoms with Gasteiger partial charge in [0.1, 0.15) is 11.6 Å². The molecule has 0 unspecified atom stereocenters. The minimum atomic E-state index is -0.376. The Bertz CT molecular complexity index is 930. The van der Waals surface area contributed by atoms with Crippen LogP contribution in [-0.2, 0) is 17.8 Å². The first-order chi connectivity index (χ1) is 13.1. The van der Waals surface area contributed by atoms with Gasteiger partial charge < -0.3 is 9.88 Å². The van der Waals surface area contributed by atoms with E-state index in [1.165, 1.54) is 12.1 Å². The highest BCUT2D eigenvalue weighted by Crippen LogP contribution is 2.27. The summed E-state index contributed by atoms with van der Waals surface area (Å²) in [5.74, 6) is 0.359. The van der Waals surface area contributed by atoms with E-state index < -0.39 is 0 Å². The van der Waals surface area contributed by atoms with Crippen LogP contribution >= 0.6 is 0 Å². The molecule has 1 aliphatic heterocycles. The summed E-state index contributed by atoms with van der Waals surface area (Å²) in [7, 11) is 0. The first-order valence-corrected chi connectivity index (χ1v) is 9.78. The van der Waals surface area contributed by atoms with E-state index in [2.05, 4.69) is 37.7 Å². The highest BCUT2D eigenvalue weighted by molar-refractivity contribution is 5.76. The highest BCUT2D eigenvalue weighted by Gasteiger charge is 2.26. The van der Waals surface area contributed by atoms with Gasteiger partial charge in [-0.25, -0.2) is 9.37 Å². The zero-order valence-corrected chi connectivity index (χ0v) is 17.0. The molecule has 1 amide bonds. The van der Waals surface area contributed by atoms with Gasteiger partial charge in [-0.3, -0.25) is 9.59 Å². The van der Waals surface area contributed by atoms with Crippen LogP contribution in [0.15, 0.2) is 29.1 Å². The number of amides is 1. The third kappa shape index (κ3) is 4.86. The summed E-state index contributed by atoms with van der Waals surface area (Å²) in [4.78, 5) is 34.3. The fourth-order valence-corrected chi connectivity index (χ4v) is 3.96. The van der Waals surface area contributed by atoms with E-state index in [9.17, 15) is 14.0 Å². The highest BCUT2D eigenvalue weighted by atomic mass is 19.1. The van der Waals surface area contributed by atoms with Crippen molar-refractivity contribution in [1.82, 2.24) is 14.9 Å². The van der Waals surface area contributed by atoms with E-state index in [1.807, 2.05) is 0 Å². The van der Waals surface area contributed by atoms with E-state index in [4.69, 9.17) is 0 Å². The number of aromatic amines is 1. The number of nitrogens with one attached hydrogen (secondary N) is 1. The van der Waals surface area contributed by atoms with Gasteiger partial charge in [0.2, 0.25) is 5.91 Å². The molecule has 1 aromatic heterocycles. The molecular formula is C22H28FN3O2. The second kappa shape index (κ2) is 7.86. The zero-order chi connectivity index (χ0) is 20.5. The first-order valence-electron chi connectivity index (χ1n) is 9.78. The average molecular weight is 385 g/mol. The number of fused-ring (bicyclic) bond motifs is 1. The van der Waals surface area contributed by atoms with Crippen molar-refractivity contribution in [3.8, 4) is 11.4 Å². The van der Waals surface area contributed by atoms with E-state index in [1.54, 1.807) is 17.0 Å². The molecule has 150 valence electrons. The van der Waals surface area contributed by atoms with E-state index >= 15 is 0 Å². The van der Waals surface area contributed by atoms with Crippen molar-refractivity contribution in [3.63, 3.8) is 0 Å². The maximum absolute atomic E-state index is 13.5. The Hall–Kier alpha value is -2.50. The van der Waals surface area contributed by atoms with Gasteiger partial charge in [0.05, 0.1) is 17.8 Å². The number of carbonyl (C=O) groups is 1. The minimum Gasteiger partial charge on any atom is -0.338 e. The van der Waals surface area contributed by atoms with Crippen molar-refractivity contribution >= 4 is 5.91 Å². The third-order valence-electron chi connectivity index (χ3n) is 5.00. The molecule has 0 fully saturated rings. The number of halogens is 1. The fraction of sp³-hybridized carbons (Fsp3) is 0.500. The predicted molar refractivity (Wildman–Crippen MR) is 107 cm³/mol. The summed E-state index contributed by atoms with van der Waals surface area (Å²) in [5, 5.41) is 0. The molecule has 1 atom stereocenters. The number of nitrogens with zero attached hydrogens (tertiary/aromatic N) is 2. The summed E-state index contributed by atoms with van der Waals surface area (Å²) >= 11 is 0. The lowest BCUT2D eigenvalue weighted by molar-refractivity contribution is -0.133. The Kier molecular flexibility index (Phi) is 5.68. The molecular weight excluding hydrogens is 357 g/mol. The number of hydrogen-bond acceptors (Lipinski definition) is 3. The molecule has 0 aliphatic carbocycles. The van der Waals surface area contributed by atoms with Crippen molar-refractivity contribution in [2.75, 3.05) is 6.54 Å². The molecule has 3 rings (SSSR count). The Labute approximate surface area is 165 Å². The number of benzene rings is 1. The van der Waals surface area contributed by atoms with Gasteiger partial charge in [0.15, 0.2) is 0 Å². The quantitative estimate of drug-likeness (QED) is 0.867. The topological polar surface area (TPSA) is 66.1 Å². The third-order valence-corrected chi connectivity index (χ3v) is 5.00. The maximum Gasteiger partial charge on any atom is 0.256 e. The van der Waals surface area contributed by atoms with E-state index in [0.717, 1.165) is 6.42 Å². The van der Waals surface area contributed by atoms with Crippen molar-refractivity contribution in [3.05, 3.63) is 51.7 Å². The molecule has 5 nitrogen and oxygen atoms in total. The van der Waals surface area contributed by atoms with Crippen LogP contribution in [0.25, 0.3) is 11.4 Å². The summed E-state index contributed by atoms with van der Waals surface area (Å²) in [6, 6.07) is 6.00. The maximum atomic E-state index is 13.5. The molecule has 28 heavy (non-hydrogen) atoms. The number of aromatic nitrogens is 2. The Morgan fingerprint density at radius 2 is 2.11 bits per heavy atom. The number of H-pyrrole nitrogens is 1. The fourth-order valence-electron chi connectivity index (χ4n) is 3.96. The number of hydrogen-bond donors (Lipinski definition) is 1. The number of carbonyl (C=O) groups excluding carboxylic acids is 1. The van der Waals surface area contributed by atoms with Gasteiger partial charge >= 0.3 is 0 Å². The van der Waals surface area contributed by atoms with Crippen LogP contribution in [0.4, 0.5) is 4.39 Å². The molecule has 0 radical (unpaired) electrons. The van der Waals surface area contributed by atoms with Gasteiger partial charge in [0.25, 0.3) is 5.56 Å². The van der Waals surface area contributed by atoms with Gasteiger partial charge in [0, 0.05) is 24.9 Å². The molecule has 2 heterocycles. The molecule has 0 saturated heterocycles. The van der Waals surface area contributed by atoms with Crippen LogP contribution in [0.2, 0.25) is 0 Å². The molecule has 2 aromatic rings. The monoisotopic (exact) mass is 385 g/mol. The average Bonchev–Trinajstić information content (AvgIpc) is 2.59. The Morgan fingerprint density at radius 1 is 1.36 bits per heavy atom. The molecule has 1 N–H and O–H groups in total. The SMILES string of the molecule is C[C@H](CC(=O)N1CCc2nc(-c3cccc(F)c3)[nH]c(=O)c2C1)CC(C)(C)C. The van der Waals surface area contributed by atoms with Crippen LogP contribution < -0.4 is 5.56 Å². The van der Waals surface area contributed by atoms with Crippen LogP contribution in [0, 0.1) is 17.2 Å². The molecule has 0 bridgehead atoms. The lowest BCUT2D eigenvalue weighted by Crippen LogP contribution is -2.40. The lowest BCUT2D eigenvalue weighted by atomic mass is 9.84. The normalized spacial score (nSPS) is 15.2.